The zero-order valence-electron chi connectivity index (χ0n) is 52.4. The predicted molar refractivity (Wildman–Crippen MR) is 344 cm³/mol. The molecule has 0 aromatic heterocycles. The van der Waals surface area contributed by atoms with Crippen molar-refractivity contribution in [1.82, 2.24) is 0 Å². The Bertz CT molecular complexity index is 1500. The number of carbonyl (C=O) groups is 3. The van der Waals surface area contributed by atoms with Crippen LogP contribution in [0.3, 0.4) is 0 Å². The molecule has 0 aromatic rings. The largest absolute Gasteiger partial charge is 0.462 e. The summed E-state index contributed by atoms with van der Waals surface area (Å²) in [6.45, 7) is 6.52. The second-order valence-corrected chi connectivity index (χ2v) is 22.7. The first-order chi connectivity index (χ1) is 39.0. The van der Waals surface area contributed by atoms with Crippen molar-refractivity contribution in [3.63, 3.8) is 0 Å². The lowest BCUT2D eigenvalue weighted by molar-refractivity contribution is -0.167. The van der Waals surface area contributed by atoms with Crippen LogP contribution < -0.4 is 0 Å². The number of hydrogen-bond donors (Lipinski definition) is 0. The van der Waals surface area contributed by atoms with Crippen LogP contribution in [0, 0.1) is 0 Å². The summed E-state index contributed by atoms with van der Waals surface area (Å²) >= 11 is 0. The van der Waals surface area contributed by atoms with E-state index in [-0.39, 0.29) is 31.1 Å². The van der Waals surface area contributed by atoms with Gasteiger partial charge in [-0.1, -0.05) is 292 Å². The second-order valence-electron chi connectivity index (χ2n) is 22.7. The molecule has 79 heavy (non-hydrogen) atoms. The van der Waals surface area contributed by atoms with Gasteiger partial charge in [-0.3, -0.25) is 14.4 Å². The van der Waals surface area contributed by atoms with Gasteiger partial charge in [-0.25, -0.2) is 0 Å². The average molecular weight is 1100 g/mol. The number of rotatable bonds is 62. The van der Waals surface area contributed by atoms with E-state index in [9.17, 15) is 14.4 Å². The highest BCUT2D eigenvalue weighted by Gasteiger charge is 2.19. The Morgan fingerprint density at radius 1 is 0.266 bits per heavy atom. The first kappa shape index (κ1) is 75.6. The maximum absolute atomic E-state index is 12.9. The molecule has 0 bridgehead atoms. The third-order valence-corrected chi connectivity index (χ3v) is 14.9. The molecule has 0 spiro atoms. The van der Waals surface area contributed by atoms with Gasteiger partial charge in [0.15, 0.2) is 6.10 Å². The summed E-state index contributed by atoms with van der Waals surface area (Å²) in [5, 5.41) is 0. The maximum atomic E-state index is 12.9. The minimum atomic E-state index is -0.791. The number of ether oxygens (including phenoxy) is 3. The second kappa shape index (κ2) is 67.1. The van der Waals surface area contributed by atoms with Crippen molar-refractivity contribution in [2.45, 2.75) is 348 Å². The van der Waals surface area contributed by atoms with Crippen molar-refractivity contribution in [3.05, 3.63) is 85.1 Å². The van der Waals surface area contributed by atoms with E-state index in [0.29, 0.717) is 19.3 Å². The number of hydrogen-bond acceptors (Lipinski definition) is 6. The van der Waals surface area contributed by atoms with Crippen LogP contribution in [0.4, 0.5) is 0 Å². The summed E-state index contributed by atoms with van der Waals surface area (Å²) in [5.41, 5.74) is 0. The Hall–Kier alpha value is -3.41. The van der Waals surface area contributed by atoms with Crippen molar-refractivity contribution in [2.24, 2.45) is 0 Å². The topological polar surface area (TPSA) is 78.9 Å². The summed E-state index contributed by atoms with van der Waals surface area (Å²) < 4.78 is 16.9. The Morgan fingerprint density at radius 2 is 0.494 bits per heavy atom. The molecular formula is C73H128O6. The summed E-state index contributed by atoms with van der Waals surface area (Å²) in [4.78, 5) is 38.3. The molecule has 0 saturated carbocycles. The molecule has 0 aliphatic rings. The van der Waals surface area contributed by atoms with Gasteiger partial charge < -0.3 is 14.2 Å². The predicted octanol–water partition coefficient (Wildman–Crippen LogP) is 23.4. The van der Waals surface area contributed by atoms with E-state index in [4.69, 9.17) is 14.2 Å². The van der Waals surface area contributed by atoms with Crippen molar-refractivity contribution in [3.8, 4) is 0 Å². The average Bonchev–Trinajstić information content (AvgIpc) is 3.45. The molecule has 0 heterocycles. The van der Waals surface area contributed by atoms with Crippen molar-refractivity contribution < 1.29 is 28.6 Å². The van der Waals surface area contributed by atoms with E-state index < -0.39 is 6.10 Å². The number of esters is 3. The molecule has 0 fully saturated rings. The van der Waals surface area contributed by atoms with Gasteiger partial charge in [-0.2, -0.15) is 0 Å². The molecule has 0 aromatic carbocycles. The zero-order chi connectivity index (χ0) is 57.1. The lowest BCUT2D eigenvalue weighted by Gasteiger charge is -2.18. The third-order valence-electron chi connectivity index (χ3n) is 14.9. The maximum Gasteiger partial charge on any atom is 0.306 e. The van der Waals surface area contributed by atoms with Crippen LogP contribution in [0.5, 0.6) is 0 Å². The smallest absolute Gasteiger partial charge is 0.306 e. The Labute approximate surface area is 490 Å². The molecule has 0 saturated heterocycles. The fourth-order valence-electron chi connectivity index (χ4n) is 9.76. The molecule has 0 aliphatic carbocycles. The molecule has 0 N–H and O–H groups in total. The van der Waals surface area contributed by atoms with Gasteiger partial charge in [0.05, 0.1) is 0 Å². The molecule has 0 rings (SSSR count). The van der Waals surface area contributed by atoms with Crippen LogP contribution in [0.25, 0.3) is 0 Å². The van der Waals surface area contributed by atoms with Crippen LogP contribution in [0.15, 0.2) is 85.1 Å². The Morgan fingerprint density at radius 3 is 0.797 bits per heavy atom. The molecule has 1 unspecified atom stereocenters. The molecule has 6 nitrogen and oxygen atoms in total. The van der Waals surface area contributed by atoms with E-state index >= 15 is 0 Å². The van der Waals surface area contributed by atoms with Crippen molar-refractivity contribution in [1.29, 1.82) is 0 Å². The first-order valence-corrected chi connectivity index (χ1v) is 34.1. The summed E-state index contributed by atoms with van der Waals surface area (Å²) in [7, 11) is 0. The SMILES string of the molecule is CC/C=C\C/C=C\C/C=C\CCCCCC(=O)OCC(COC(=O)CCCCCCCCCCCCCCCC/C=C\C/C=C\C/C=C\CCCCCCC)OC(=O)CCCCCCCCCCC/C=C\CCCCCCCC. The van der Waals surface area contributed by atoms with Gasteiger partial charge in [0, 0.05) is 19.3 Å². The minimum Gasteiger partial charge on any atom is -0.462 e. The summed E-state index contributed by atoms with van der Waals surface area (Å²) in [5.74, 6) is -0.904. The van der Waals surface area contributed by atoms with Crippen molar-refractivity contribution >= 4 is 17.9 Å². The van der Waals surface area contributed by atoms with E-state index in [1.807, 2.05) is 0 Å². The van der Waals surface area contributed by atoms with Gasteiger partial charge >= 0.3 is 17.9 Å². The third kappa shape index (κ3) is 65.3. The monoisotopic (exact) mass is 1100 g/mol. The fraction of sp³-hybridized carbons (Fsp3) is 0.767. The summed E-state index contributed by atoms with van der Waals surface area (Å²) in [6.07, 6.45) is 89.0. The van der Waals surface area contributed by atoms with Crippen molar-refractivity contribution in [2.75, 3.05) is 13.2 Å². The Balaban J connectivity index is 4.25. The van der Waals surface area contributed by atoms with Crippen LogP contribution in [0.1, 0.15) is 342 Å². The van der Waals surface area contributed by atoms with Gasteiger partial charge in [0.25, 0.3) is 0 Å². The van der Waals surface area contributed by atoms with Gasteiger partial charge in [0.1, 0.15) is 13.2 Å². The van der Waals surface area contributed by atoms with E-state index in [0.717, 1.165) is 96.3 Å². The van der Waals surface area contributed by atoms with Crippen LogP contribution in [-0.2, 0) is 28.6 Å². The first-order valence-electron chi connectivity index (χ1n) is 34.1. The number of unbranched alkanes of at least 4 members (excludes halogenated alkanes) is 37. The molecule has 0 aliphatic heterocycles. The lowest BCUT2D eigenvalue weighted by atomic mass is 10.0. The van der Waals surface area contributed by atoms with E-state index in [1.54, 1.807) is 0 Å². The molecule has 456 valence electrons. The Kier molecular flexibility index (Phi) is 64.2. The number of allylic oxidation sites excluding steroid dienone is 14. The molecule has 6 heteroatoms. The normalized spacial score (nSPS) is 12.6. The van der Waals surface area contributed by atoms with Crippen LogP contribution in [0.2, 0.25) is 0 Å². The van der Waals surface area contributed by atoms with E-state index in [2.05, 4.69) is 106 Å². The van der Waals surface area contributed by atoms with Crippen LogP contribution in [-0.4, -0.2) is 37.2 Å². The highest BCUT2D eigenvalue weighted by atomic mass is 16.6. The van der Waals surface area contributed by atoms with E-state index in [1.165, 1.54) is 205 Å². The molecule has 0 amide bonds. The van der Waals surface area contributed by atoms with Gasteiger partial charge in [-0.15, -0.1) is 0 Å². The highest BCUT2D eigenvalue weighted by molar-refractivity contribution is 5.71. The zero-order valence-corrected chi connectivity index (χ0v) is 52.4. The number of carbonyl (C=O) groups excluding carboxylic acids is 3. The molecule has 0 radical (unpaired) electrons. The van der Waals surface area contributed by atoms with Gasteiger partial charge in [0.2, 0.25) is 0 Å². The molecular weight excluding hydrogens is 973 g/mol. The lowest BCUT2D eigenvalue weighted by Crippen LogP contribution is -2.30. The standard InChI is InChI=1S/C73H128O6/c1-4-7-10-13-16-19-22-25-27-29-31-32-33-34-35-36-37-38-39-40-42-43-45-48-51-54-57-60-63-66-72(75)78-69-70(68-77-71(74)65-62-59-56-53-50-47-24-21-18-15-12-9-6-3)79-73(76)67-64-61-58-55-52-49-46-44-41-30-28-26-23-20-17-14-11-8-5-2/h9,12,18,21-22,25-26,28-29,31,33-34,47,50,70H,4-8,10-11,13-17,19-20,23-24,27,30,32,35-46,48-49,51-69H2,1-3H3/b12-9-,21-18-,25-22-,28-26-,31-29-,34-33-,50-47-. The quantitative estimate of drug-likeness (QED) is 0.0261. The van der Waals surface area contributed by atoms with Crippen LogP contribution >= 0.6 is 0 Å². The fourth-order valence-corrected chi connectivity index (χ4v) is 9.76. The summed E-state index contributed by atoms with van der Waals surface area (Å²) in [6, 6.07) is 0. The van der Waals surface area contributed by atoms with Gasteiger partial charge in [-0.05, 0) is 116 Å². The molecule has 1 atom stereocenters. The highest BCUT2D eigenvalue weighted by Crippen LogP contribution is 2.17. The minimum absolute atomic E-state index is 0.0851.